The van der Waals surface area contributed by atoms with Crippen LogP contribution in [0.2, 0.25) is 0 Å². The van der Waals surface area contributed by atoms with Gasteiger partial charge in [0.2, 0.25) is 0 Å². The summed E-state index contributed by atoms with van der Waals surface area (Å²) in [6.07, 6.45) is 4.30. The topological polar surface area (TPSA) is 0 Å². The highest BCUT2D eigenvalue weighted by Crippen LogP contribution is 2.17. The largest absolute Gasteiger partial charge is 0.126 e. The van der Waals surface area contributed by atoms with Crippen LogP contribution in [0, 0.1) is 5.92 Å². The molecule has 0 radical (unpaired) electrons. The number of hydrogen-bond acceptors (Lipinski definition) is 0. The maximum Gasteiger partial charge on any atom is 0.0258 e. The minimum Gasteiger partial charge on any atom is -0.126 e. The third kappa shape index (κ3) is 4.40. The van der Waals surface area contributed by atoms with E-state index in [-0.39, 0.29) is 0 Å². The van der Waals surface area contributed by atoms with Crippen LogP contribution in [-0.2, 0) is 6.42 Å². The summed E-state index contributed by atoms with van der Waals surface area (Å²) in [5.74, 6) is 1.42. The zero-order valence-corrected chi connectivity index (χ0v) is 11.2. The van der Waals surface area contributed by atoms with Crippen LogP contribution >= 0.6 is 11.6 Å². The molecule has 0 saturated carbocycles. The summed E-state index contributed by atoms with van der Waals surface area (Å²) >= 11 is 5.67. The molecule has 0 aliphatic carbocycles. The molecule has 0 N–H and O–H groups in total. The highest BCUT2D eigenvalue weighted by Gasteiger charge is 1.99. The second-order valence-corrected chi connectivity index (χ2v) is 5.04. The molecule has 0 unspecified atom stereocenters. The van der Waals surface area contributed by atoms with Crippen molar-refractivity contribution >= 4 is 17.2 Å². The average molecular weight is 237 g/mol. The van der Waals surface area contributed by atoms with Crippen LogP contribution in [-0.4, -0.2) is 5.88 Å². The molecule has 0 aliphatic rings. The third-order valence-corrected chi connectivity index (χ3v) is 2.83. The van der Waals surface area contributed by atoms with Crippen molar-refractivity contribution in [1.29, 1.82) is 0 Å². The summed E-state index contributed by atoms with van der Waals surface area (Å²) in [6.45, 7) is 6.64. The zero-order valence-electron chi connectivity index (χ0n) is 10.5. The molecule has 88 valence electrons. The number of rotatable bonds is 5. The molecule has 16 heavy (non-hydrogen) atoms. The number of benzene rings is 1. The molecule has 1 aromatic carbocycles. The SMILES string of the molecule is C/C(=C\CCCl)c1ccc(CC(C)C)cc1. The first kappa shape index (κ1) is 13.3. The van der Waals surface area contributed by atoms with Gasteiger partial charge >= 0.3 is 0 Å². The maximum absolute atomic E-state index is 5.67. The van der Waals surface area contributed by atoms with E-state index in [9.17, 15) is 0 Å². The van der Waals surface area contributed by atoms with Crippen molar-refractivity contribution in [3.63, 3.8) is 0 Å². The Labute approximate surface area is 104 Å². The average Bonchev–Trinajstić information content (AvgIpc) is 2.26. The molecule has 1 heteroatoms. The molecule has 0 nitrogen and oxygen atoms in total. The molecular weight excluding hydrogens is 216 g/mol. The lowest BCUT2D eigenvalue weighted by Crippen LogP contribution is -1.93. The summed E-state index contributed by atoms with van der Waals surface area (Å²) in [5, 5.41) is 0. The molecule has 0 saturated heterocycles. The van der Waals surface area contributed by atoms with Crippen LogP contribution in [0.4, 0.5) is 0 Å². The Hall–Kier alpha value is -0.750. The number of halogens is 1. The Kier molecular flexibility index (Phi) is 5.62. The van der Waals surface area contributed by atoms with E-state index < -0.39 is 0 Å². The summed E-state index contributed by atoms with van der Waals surface area (Å²) in [4.78, 5) is 0. The van der Waals surface area contributed by atoms with Crippen molar-refractivity contribution in [3.05, 3.63) is 41.5 Å². The third-order valence-electron chi connectivity index (χ3n) is 2.61. The van der Waals surface area contributed by atoms with Crippen molar-refractivity contribution in [2.24, 2.45) is 5.92 Å². The van der Waals surface area contributed by atoms with Crippen molar-refractivity contribution in [2.45, 2.75) is 33.6 Å². The van der Waals surface area contributed by atoms with E-state index in [1.54, 1.807) is 0 Å². The molecule has 0 amide bonds. The van der Waals surface area contributed by atoms with E-state index in [0.717, 1.165) is 18.8 Å². The monoisotopic (exact) mass is 236 g/mol. The van der Waals surface area contributed by atoms with Gasteiger partial charge in [-0.25, -0.2) is 0 Å². The first-order valence-corrected chi connectivity index (χ1v) is 6.49. The fourth-order valence-corrected chi connectivity index (χ4v) is 1.87. The minimum atomic E-state index is 0.697. The van der Waals surface area contributed by atoms with Gasteiger partial charge in [-0.3, -0.25) is 0 Å². The van der Waals surface area contributed by atoms with E-state index in [1.807, 2.05) is 0 Å². The lowest BCUT2D eigenvalue weighted by molar-refractivity contribution is 0.647. The van der Waals surface area contributed by atoms with Gasteiger partial charge in [0.25, 0.3) is 0 Å². The van der Waals surface area contributed by atoms with Gasteiger partial charge in [-0.1, -0.05) is 44.2 Å². The summed E-state index contributed by atoms with van der Waals surface area (Å²) in [7, 11) is 0. The molecule has 0 spiro atoms. The summed E-state index contributed by atoms with van der Waals surface area (Å²) < 4.78 is 0. The van der Waals surface area contributed by atoms with Crippen LogP contribution in [0.1, 0.15) is 38.3 Å². The summed E-state index contributed by atoms with van der Waals surface area (Å²) in [6, 6.07) is 8.87. The molecule has 0 atom stereocenters. The number of hydrogen-bond donors (Lipinski definition) is 0. The summed E-state index contributed by atoms with van der Waals surface area (Å²) in [5.41, 5.74) is 4.04. The van der Waals surface area contributed by atoms with Crippen LogP contribution in [0.5, 0.6) is 0 Å². The molecule has 0 bridgehead atoms. The Morgan fingerprint density at radius 1 is 1.25 bits per heavy atom. The number of allylic oxidation sites excluding steroid dienone is 2. The zero-order chi connectivity index (χ0) is 12.0. The fourth-order valence-electron chi connectivity index (χ4n) is 1.76. The van der Waals surface area contributed by atoms with Gasteiger partial charge in [-0.15, -0.1) is 11.6 Å². The fraction of sp³-hybridized carbons (Fsp3) is 0.467. The Balaban J connectivity index is 2.70. The van der Waals surface area contributed by atoms with Crippen LogP contribution in [0.3, 0.4) is 0 Å². The molecule has 0 aliphatic heterocycles. The predicted molar refractivity (Wildman–Crippen MR) is 74.0 cm³/mol. The Morgan fingerprint density at radius 2 is 1.88 bits per heavy atom. The smallest absolute Gasteiger partial charge is 0.0258 e. The van der Waals surface area contributed by atoms with Crippen LogP contribution in [0.15, 0.2) is 30.3 Å². The molecule has 1 rings (SSSR count). The lowest BCUT2D eigenvalue weighted by atomic mass is 9.99. The van der Waals surface area contributed by atoms with Crippen LogP contribution in [0.25, 0.3) is 5.57 Å². The van der Waals surface area contributed by atoms with Crippen molar-refractivity contribution in [1.82, 2.24) is 0 Å². The van der Waals surface area contributed by atoms with Gasteiger partial charge in [0.05, 0.1) is 0 Å². The molecule has 0 fully saturated rings. The van der Waals surface area contributed by atoms with Gasteiger partial charge in [0.1, 0.15) is 0 Å². The molecule has 0 aromatic heterocycles. The van der Waals surface area contributed by atoms with Gasteiger partial charge in [-0.05, 0) is 42.4 Å². The van der Waals surface area contributed by atoms with Gasteiger partial charge in [-0.2, -0.15) is 0 Å². The maximum atomic E-state index is 5.67. The Bertz CT molecular complexity index is 333. The van der Waals surface area contributed by atoms with Gasteiger partial charge < -0.3 is 0 Å². The van der Waals surface area contributed by atoms with E-state index in [1.165, 1.54) is 16.7 Å². The normalized spacial score (nSPS) is 12.2. The predicted octanol–water partition coefficient (Wildman–Crippen LogP) is 4.92. The highest BCUT2D eigenvalue weighted by atomic mass is 35.5. The molecule has 0 heterocycles. The van der Waals surface area contributed by atoms with Crippen molar-refractivity contribution in [2.75, 3.05) is 5.88 Å². The Morgan fingerprint density at radius 3 is 2.38 bits per heavy atom. The highest BCUT2D eigenvalue weighted by molar-refractivity contribution is 6.17. The number of alkyl halides is 1. The van der Waals surface area contributed by atoms with E-state index >= 15 is 0 Å². The van der Waals surface area contributed by atoms with E-state index in [2.05, 4.69) is 51.1 Å². The second kappa shape index (κ2) is 6.75. The molecular formula is C15H21Cl. The molecule has 1 aromatic rings. The standard InChI is InChI=1S/C15H21Cl/c1-12(2)11-14-6-8-15(9-7-14)13(3)5-4-10-16/h5-9,12H,4,10-11H2,1-3H3/b13-5+. The first-order valence-electron chi connectivity index (χ1n) is 5.95. The van der Waals surface area contributed by atoms with Gasteiger partial charge in [0.15, 0.2) is 0 Å². The van der Waals surface area contributed by atoms with E-state index in [4.69, 9.17) is 11.6 Å². The van der Waals surface area contributed by atoms with Crippen molar-refractivity contribution in [3.8, 4) is 0 Å². The van der Waals surface area contributed by atoms with Gasteiger partial charge in [0, 0.05) is 5.88 Å². The lowest BCUT2D eigenvalue weighted by Gasteiger charge is -2.06. The second-order valence-electron chi connectivity index (χ2n) is 4.66. The van der Waals surface area contributed by atoms with Crippen LogP contribution < -0.4 is 0 Å². The quantitative estimate of drug-likeness (QED) is 0.637. The first-order chi connectivity index (χ1) is 7.63. The van der Waals surface area contributed by atoms with E-state index in [0.29, 0.717) is 5.88 Å². The minimum absolute atomic E-state index is 0.697. The van der Waals surface area contributed by atoms with Crippen molar-refractivity contribution < 1.29 is 0 Å².